The molecule has 0 aliphatic carbocycles. The maximum Gasteiger partial charge on any atom is 0.315 e. The van der Waals surface area contributed by atoms with Gasteiger partial charge in [0.05, 0.1) is 5.60 Å². The second-order valence-electron chi connectivity index (χ2n) is 3.63. The molecule has 1 amide bonds. The van der Waals surface area contributed by atoms with E-state index in [-0.39, 0.29) is 6.54 Å². The Morgan fingerprint density at radius 2 is 2.00 bits per heavy atom. The first-order valence-electron chi connectivity index (χ1n) is 4.53. The lowest BCUT2D eigenvalue weighted by atomic mass is 10.0. The molecular weight excluding hydrogens is 186 g/mol. The van der Waals surface area contributed by atoms with E-state index in [1.807, 2.05) is 0 Å². The Labute approximate surface area is 83.1 Å². The zero-order valence-electron chi connectivity index (χ0n) is 8.70. The van der Waals surface area contributed by atoms with E-state index in [0.29, 0.717) is 6.42 Å². The van der Waals surface area contributed by atoms with Crippen LogP contribution in [0.2, 0.25) is 0 Å². The van der Waals surface area contributed by atoms with Crippen LogP contribution in [0.25, 0.3) is 0 Å². The van der Waals surface area contributed by atoms with Crippen LogP contribution in [0.3, 0.4) is 0 Å². The van der Waals surface area contributed by atoms with Gasteiger partial charge in [-0.15, -0.1) is 0 Å². The molecule has 14 heavy (non-hydrogen) atoms. The van der Waals surface area contributed by atoms with Crippen LogP contribution in [-0.4, -0.2) is 34.2 Å². The first-order chi connectivity index (χ1) is 6.30. The van der Waals surface area contributed by atoms with Gasteiger partial charge < -0.3 is 15.5 Å². The third kappa shape index (κ3) is 4.23. The molecule has 2 unspecified atom stereocenters. The maximum atomic E-state index is 11.1. The van der Waals surface area contributed by atoms with Crippen molar-refractivity contribution < 1.29 is 19.8 Å². The second-order valence-corrected chi connectivity index (χ2v) is 3.63. The summed E-state index contributed by atoms with van der Waals surface area (Å²) < 4.78 is 0. The third-order valence-corrected chi connectivity index (χ3v) is 2.17. The number of carbonyl (C=O) groups is 2. The van der Waals surface area contributed by atoms with Crippen LogP contribution < -0.4 is 5.32 Å². The summed E-state index contributed by atoms with van der Waals surface area (Å²) in [6.07, 6.45) is 0.495. The van der Waals surface area contributed by atoms with Gasteiger partial charge in [0.2, 0.25) is 5.91 Å². The van der Waals surface area contributed by atoms with Gasteiger partial charge in [-0.1, -0.05) is 6.92 Å². The summed E-state index contributed by atoms with van der Waals surface area (Å²) in [6.45, 7) is 4.74. The van der Waals surface area contributed by atoms with Crippen molar-refractivity contribution in [3.05, 3.63) is 0 Å². The van der Waals surface area contributed by atoms with Crippen molar-refractivity contribution in [2.75, 3.05) is 6.54 Å². The molecule has 0 aliphatic rings. The quantitative estimate of drug-likeness (QED) is 0.548. The first kappa shape index (κ1) is 12.9. The standard InChI is InChI=1S/C9H17NO4/c1-4-9(3,14)5-10-7(11)6(2)8(12)13/h6,14H,4-5H2,1-3H3,(H,10,11)(H,12,13). The number of hydrogen-bond acceptors (Lipinski definition) is 3. The fraction of sp³-hybridized carbons (Fsp3) is 0.778. The maximum absolute atomic E-state index is 11.1. The molecule has 0 fully saturated rings. The Morgan fingerprint density at radius 1 is 1.50 bits per heavy atom. The fourth-order valence-corrected chi connectivity index (χ4v) is 0.668. The minimum atomic E-state index is -1.17. The highest BCUT2D eigenvalue weighted by Gasteiger charge is 2.23. The summed E-state index contributed by atoms with van der Waals surface area (Å²) in [7, 11) is 0. The fourth-order valence-electron chi connectivity index (χ4n) is 0.668. The molecule has 0 bridgehead atoms. The van der Waals surface area contributed by atoms with E-state index in [1.165, 1.54) is 6.92 Å². The van der Waals surface area contributed by atoms with Crippen LogP contribution in [0.4, 0.5) is 0 Å². The van der Waals surface area contributed by atoms with Gasteiger partial charge in [-0.05, 0) is 20.3 Å². The molecule has 5 heteroatoms. The van der Waals surface area contributed by atoms with Crippen molar-refractivity contribution in [1.29, 1.82) is 0 Å². The van der Waals surface area contributed by atoms with Gasteiger partial charge in [0.25, 0.3) is 0 Å². The Kier molecular flexibility index (Phi) is 4.56. The summed E-state index contributed by atoms with van der Waals surface area (Å²) in [5, 5.41) is 20.4. The molecule has 0 saturated carbocycles. The summed E-state index contributed by atoms with van der Waals surface area (Å²) in [4.78, 5) is 21.6. The number of aliphatic carboxylic acids is 1. The van der Waals surface area contributed by atoms with Gasteiger partial charge in [0.15, 0.2) is 0 Å². The van der Waals surface area contributed by atoms with E-state index in [1.54, 1.807) is 13.8 Å². The predicted octanol–water partition coefficient (Wildman–Crippen LogP) is -0.0157. The molecule has 0 aromatic rings. The molecule has 5 nitrogen and oxygen atoms in total. The topological polar surface area (TPSA) is 86.6 Å². The third-order valence-electron chi connectivity index (χ3n) is 2.17. The number of amides is 1. The Morgan fingerprint density at radius 3 is 2.36 bits per heavy atom. The molecule has 0 aromatic heterocycles. The molecule has 0 rings (SSSR count). The predicted molar refractivity (Wildman–Crippen MR) is 50.7 cm³/mol. The van der Waals surface area contributed by atoms with Crippen molar-refractivity contribution in [2.24, 2.45) is 5.92 Å². The molecule has 0 spiro atoms. The number of hydrogen-bond donors (Lipinski definition) is 3. The van der Waals surface area contributed by atoms with Crippen molar-refractivity contribution in [3.8, 4) is 0 Å². The summed E-state index contributed by atoms with van der Waals surface area (Å²) >= 11 is 0. The van der Waals surface area contributed by atoms with E-state index in [4.69, 9.17) is 5.11 Å². The molecule has 0 aliphatic heterocycles. The first-order valence-corrected chi connectivity index (χ1v) is 4.53. The molecule has 0 aromatic carbocycles. The van der Waals surface area contributed by atoms with Gasteiger partial charge in [-0.2, -0.15) is 0 Å². The lowest BCUT2D eigenvalue weighted by Crippen LogP contribution is -2.43. The summed E-state index contributed by atoms with van der Waals surface area (Å²) in [5.74, 6) is -2.83. The number of nitrogens with one attached hydrogen (secondary N) is 1. The van der Waals surface area contributed by atoms with Crippen molar-refractivity contribution in [1.82, 2.24) is 5.32 Å². The van der Waals surface area contributed by atoms with Gasteiger partial charge in [0, 0.05) is 6.54 Å². The number of carbonyl (C=O) groups excluding carboxylic acids is 1. The minimum Gasteiger partial charge on any atom is -0.481 e. The van der Waals surface area contributed by atoms with E-state index >= 15 is 0 Å². The zero-order valence-corrected chi connectivity index (χ0v) is 8.70. The highest BCUT2D eigenvalue weighted by atomic mass is 16.4. The molecule has 3 N–H and O–H groups in total. The molecule has 0 saturated heterocycles. The summed E-state index contributed by atoms with van der Waals surface area (Å²) in [6, 6.07) is 0. The minimum absolute atomic E-state index is 0.0694. The molecule has 0 heterocycles. The molecular formula is C9H17NO4. The molecule has 0 radical (unpaired) electrons. The smallest absolute Gasteiger partial charge is 0.315 e. The highest BCUT2D eigenvalue weighted by Crippen LogP contribution is 2.06. The Hall–Kier alpha value is -1.10. The highest BCUT2D eigenvalue weighted by molar-refractivity contribution is 5.96. The van der Waals surface area contributed by atoms with Crippen molar-refractivity contribution in [2.45, 2.75) is 32.8 Å². The van der Waals surface area contributed by atoms with Crippen LogP contribution in [0.1, 0.15) is 27.2 Å². The average Bonchev–Trinajstić information content (AvgIpc) is 2.13. The number of rotatable bonds is 5. The second kappa shape index (κ2) is 4.95. The Bertz CT molecular complexity index is 225. The van der Waals surface area contributed by atoms with Crippen LogP contribution in [0.15, 0.2) is 0 Å². The van der Waals surface area contributed by atoms with Gasteiger partial charge in [0.1, 0.15) is 5.92 Å². The summed E-state index contributed by atoms with van der Waals surface area (Å²) in [5.41, 5.74) is -0.978. The lowest BCUT2D eigenvalue weighted by molar-refractivity contribution is -0.146. The largest absolute Gasteiger partial charge is 0.481 e. The number of carboxylic acids is 1. The SMILES string of the molecule is CCC(C)(O)CNC(=O)C(C)C(=O)O. The van der Waals surface area contributed by atoms with Crippen LogP contribution in [0.5, 0.6) is 0 Å². The Balaban J connectivity index is 4.03. The lowest BCUT2D eigenvalue weighted by Gasteiger charge is -2.22. The zero-order chi connectivity index (χ0) is 11.4. The normalized spacial score (nSPS) is 16.9. The number of aliphatic hydroxyl groups is 1. The van der Waals surface area contributed by atoms with Gasteiger partial charge >= 0.3 is 5.97 Å². The number of carboxylic acid groups (broad SMARTS) is 1. The van der Waals surface area contributed by atoms with Gasteiger partial charge in [-0.25, -0.2) is 0 Å². The van der Waals surface area contributed by atoms with E-state index in [9.17, 15) is 14.7 Å². The van der Waals surface area contributed by atoms with Crippen LogP contribution in [0, 0.1) is 5.92 Å². The van der Waals surface area contributed by atoms with Crippen molar-refractivity contribution >= 4 is 11.9 Å². The molecule has 82 valence electrons. The molecule has 2 atom stereocenters. The van der Waals surface area contributed by atoms with Crippen LogP contribution in [-0.2, 0) is 9.59 Å². The van der Waals surface area contributed by atoms with E-state index < -0.39 is 23.4 Å². The average molecular weight is 203 g/mol. The van der Waals surface area contributed by atoms with E-state index in [2.05, 4.69) is 5.32 Å². The van der Waals surface area contributed by atoms with Crippen LogP contribution >= 0.6 is 0 Å². The van der Waals surface area contributed by atoms with Gasteiger partial charge in [-0.3, -0.25) is 9.59 Å². The monoisotopic (exact) mass is 203 g/mol. The van der Waals surface area contributed by atoms with Crippen molar-refractivity contribution in [3.63, 3.8) is 0 Å². The van der Waals surface area contributed by atoms with E-state index in [0.717, 1.165) is 0 Å².